The van der Waals surface area contributed by atoms with Gasteiger partial charge in [0.05, 0.1) is 31.2 Å². The number of nitrogens with one attached hydrogen (secondary N) is 1. The zero-order valence-corrected chi connectivity index (χ0v) is 17.9. The lowest BCUT2D eigenvalue weighted by Gasteiger charge is -2.16. The molecule has 4 rings (SSSR count). The van der Waals surface area contributed by atoms with E-state index in [1.165, 1.54) is 38.5 Å². The Hall–Kier alpha value is -3.84. The van der Waals surface area contributed by atoms with Gasteiger partial charge in [0.25, 0.3) is 11.8 Å². The predicted molar refractivity (Wildman–Crippen MR) is 120 cm³/mol. The van der Waals surface area contributed by atoms with Crippen molar-refractivity contribution in [2.24, 2.45) is 0 Å². The standard InChI is InChI=1S/C24H18ClFN2O4/c1-31-18-11-12-19(20(13-18)32-2)27-22-21(14-3-7-16(26)8-4-14)23(29)28(24(22)30)17-9-5-15(25)6-10-17/h3-13,27H,1-2H3. The van der Waals surface area contributed by atoms with Crippen LogP contribution >= 0.6 is 11.6 Å². The van der Waals surface area contributed by atoms with E-state index in [-0.39, 0.29) is 11.3 Å². The maximum Gasteiger partial charge on any atom is 0.282 e. The minimum atomic E-state index is -0.561. The van der Waals surface area contributed by atoms with Gasteiger partial charge in [-0.1, -0.05) is 23.7 Å². The number of hydrogen-bond donors (Lipinski definition) is 1. The number of rotatable bonds is 6. The third-order valence-electron chi connectivity index (χ3n) is 4.97. The zero-order chi connectivity index (χ0) is 22.8. The molecule has 0 saturated carbocycles. The number of amides is 2. The number of anilines is 2. The van der Waals surface area contributed by atoms with Crippen molar-refractivity contribution in [3.63, 3.8) is 0 Å². The van der Waals surface area contributed by atoms with Gasteiger partial charge in [-0.25, -0.2) is 9.29 Å². The Morgan fingerprint density at radius 2 is 1.56 bits per heavy atom. The van der Waals surface area contributed by atoms with E-state index in [1.807, 2.05) is 0 Å². The van der Waals surface area contributed by atoms with Crippen LogP contribution in [0.15, 0.2) is 72.4 Å². The summed E-state index contributed by atoms with van der Waals surface area (Å²) in [6.45, 7) is 0. The van der Waals surface area contributed by atoms with Gasteiger partial charge < -0.3 is 14.8 Å². The second-order valence-corrected chi connectivity index (χ2v) is 7.31. The minimum absolute atomic E-state index is 0.0417. The molecule has 0 fully saturated rings. The number of benzene rings is 3. The molecule has 0 unspecified atom stereocenters. The number of methoxy groups -OCH3 is 2. The first-order valence-electron chi connectivity index (χ1n) is 9.56. The third kappa shape index (κ3) is 3.90. The van der Waals surface area contributed by atoms with Gasteiger partial charge in [0, 0.05) is 11.1 Å². The fourth-order valence-corrected chi connectivity index (χ4v) is 3.52. The minimum Gasteiger partial charge on any atom is -0.497 e. The number of ether oxygens (including phenoxy) is 2. The molecule has 8 heteroatoms. The first-order valence-corrected chi connectivity index (χ1v) is 9.94. The van der Waals surface area contributed by atoms with E-state index >= 15 is 0 Å². The molecule has 0 aliphatic carbocycles. The van der Waals surface area contributed by atoms with Crippen LogP contribution in [0.1, 0.15) is 5.56 Å². The largest absolute Gasteiger partial charge is 0.497 e. The quantitative estimate of drug-likeness (QED) is 0.539. The summed E-state index contributed by atoms with van der Waals surface area (Å²) in [5.41, 5.74) is 1.38. The van der Waals surface area contributed by atoms with Crippen LogP contribution in [0, 0.1) is 5.82 Å². The maximum atomic E-state index is 13.5. The van der Waals surface area contributed by atoms with Crippen molar-refractivity contribution in [3.05, 3.63) is 88.8 Å². The zero-order valence-electron chi connectivity index (χ0n) is 17.2. The SMILES string of the molecule is COc1ccc(NC2=C(c3ccc(F)cc3)C(=O)N(c3ccc(Cl)cc3)C2=O)c(OC)c1. The maximum absolute atomic E-state index is 13.5. The fraction of sp³-hybridized carbons (Fsp3) is 0.0833. The summed E-state index contributed by atoms with van der Waals surface area (Å²) in [4.78, 5) is 27.8. The molecule has 3 aromatic rings. The lowest BCUT2D eigenvalue weighted by molar-refractivity contribution is -0.120. The Kier molecular flexibility index (Phi) is 5.83. The normalized spacial score (nSPS) is 13.6. The lowest BCUT2D eigenvalue weighted by Crippen LogP contribution is -2.32. The highest BCUT2D eigenvalue weighted by Gasteiger charge is 2.40. The average molecular weight is 453 g/mol. The van der Waals surface area contributed by atoms with Crippen LogP contribution < -0.4 is 19.7 Å². The fourth-order valence-electron chi connectivity index (χ4n) is 3.39. The Bertz CT molecular complexity index is 1220. The molecule has 162 valence electrons. The third-order valence-corrected chi connectivity index (χ3v) is 5.22. The first kappa shape index (κ1) is 21.4. The van der Waals surface area contributed by atoms with Gasteiger partial charge in [-0.3, -0.25) is 9.59 Å². The molecular weight excluding hydrogens is 435 g/mol. The van der Waals surface area contributed by atoms with Crippen LogP contribution in [0.25, 0.3) is 5.57 Å². The van der Waals surface area contributed by atoms with Crippen LogP contribution in [0.3, 0.4) is 0 Å². The first-order chi connectivity index (χ1) is 15.4. The van der Waals surface area contributed by atoms with E-state index in [0.717, 1.165) is 4.90 Å². The smallest absolute Gasteiger partial charge is 0.282 e. The second-order valence-electron chi connectivity index (χ2n) is 6.87. The van der Waals surface area contributed by atoms with Crippen molar-refractivity contribution in [2.45, 2.75) is 0 Å². The molecule has 32 heavy (non-hydrogen) atoms. The second kappa shape index (κ2) is 8.72. The Labute approximate surface area is 188 Å². The molecule has 1 N–H and O–H groups in total. The molecule has 1 aliphatic rings. The highest BCUT2D eigenvalue weighted by Crippen LogP contribution is 2.37. The highest BCUT2D eigenvalue weighted by atomic mass is 35.5. The summed E-state index contributed by atoms with van der Waals surface area (Å²) in [6.07, 6.45) is 0. The van der Waals surface area contributed by atoms with Crippen molar-refractivity contribution >= 4 is 40.4 Å². The molecule has 0 aromatic heterocycles. The molecular formula is C24H18ClFN2O4. The Morgan fingerprint density at radius 1 is 0.875 bits per heavy atom. The molecule has 0 spiro atoms. The van der Waals surface area contributed by atoms with Crippen molar-refractivity contribution in [1.82, 2.24) is 0 Å². The van der Waals surface area contributed by atoms with Gasteiger partial charge in [0.2, 0.25) is 0 Å². The average Bonchev–Trinajstić information content (AvgIpc) is 3.04. The van der Waals surface area contributed by atoms with Gasteiger partial charge in [0.1, 0.15) is 23.0 Å². The monoisotopic (exact) mass is 452 g/mol. The van der Waals surface area contributed by atoms with Crippen LogP contribution in [0.5, 0.6) is 11.5 Å². The summed E-state index contributed by atoms with van der Waals surface area (Å²) in [6, 6.07) is 16.7. The number of imide groups is 1. The van der Waals surface area contributed by atoms with Gasteiger partial charge in [-0.05, 0) is 54.1 Å². The van der Waals surface area contributed by atoms with Crippen molar-refractivity contribution < 1.29 is 23.5 Å². The summed E-state index contributed by atoms with van der Waals surface area (Å²) < 4.78 is 24.1. The molecule has 0 saturated heterocycles. The van der Waals surface area contributed by atoms with E-state index in [9.17, 15) is 14.0 Å². The van der Waals surface area contributed by atoms with Crippen molar-refractivity contribution in [3.8, 4) is 11.5 Å². The summed E-state index contributed by atoms with van der Waals surface area (Å²) in [5.74, 6) is -0.572. The van der Waals surface area contributed by atoms with E-state index in [0.29, 0.717) is 33.5 Å². The number of hydrogen-bond acceptors (Lipinski definition) is 5. The van der Waals surface area contributed by atoms with Crippen LogP contribution in [0.4, 0.5) is 15.8 Å². The molecule has 0 radical (unpaired) electrons. The topological polar surface area (TPSA) is 67.9 Å². The van der Waals surface area contributed by atoms with Crippen LogP contribution in [-0.4, -0.2) is 26.0 Å². The Balaban J connectivity index is 1.82. The molecule has 0 atom stereocenters. The number of nitrogens with zero attached hydrogens (tertiary/aromatic N) is 1. The van der Waals surface area contributed by atoms with E-state index < -0.39 is 17.6 Å². The number of halogens is 2. The molecule has 0 bridgehead atoms. The van der Waals surface area contributed by atoms with Gasteiger partial charge >= 0.3 is 0 Å². The van der Waals surface area contributed by atoms with Crippen LogP contribution in [-0.2, 0) is 9.59 Å². The molecule has 2 amide bonds. The molecule has 3 aromatic carbocycles. The van der Waals surface area contributed by atoms with Gasteiger partial charge in [0.15, 0.2) is 0 Å². The van der Waals surface area contributed by atoms with Crippen LogP contribution in [0.2, 0.25) is 5.02 Å². The number of carbonyl (C=O) groups is 2. The summed E-state index contributed by atoms with van der Waals surface area (Å²) in [5, 5.41) is 3.51. The summed E-state index contributed by atoms with van der Waals surface area (Å²) in [7, 11) is 3.01. The van der Waals surface area contributed by atoms with E-state index in [1.54, 1.807) is 42.5 Å². The van der Waals surface area contributed by atoms with Crippen molar-refractivity contribution in [2.75, 3.05) is 24.4 Å². The van der Waals surface area contributed by atoms with Gasteiger partial charge in [-0.15, -0.1) is 0 Å². The van der Waals surface area contributed by atoms with Crippen molar-refractivity contribution in [1.29, 1.82) is 0 Å². The predicted octanol–water partition coefficient (Wildman–Crippen LogP) is 4.89. The number of carbonyl (C=O) groups excluding carboxylic acids is 2. The lowest BCUT2D eigenvalue weighted by atomic mass is 10.0. The molecule has 1 heterocycles. The molecule has 1 aliphatic heterocycles. The summed E-state index contributed by atoms with van der Waals surface area (Å²) >= 11 is 5.95. The van der Waals surface area contributed by atoms with E-state index in [2.05, 4.69) is 5.32 Å². The highest BCUT2D eigenvalue weighted by molar-refractivity contribution is 6.46. The Morgan fingerprint density at radius 3 is 2.19 bits per heavy atom. The molecule has 6 nitrogen and oxygen atoms in total. The van der Waals surface area contributed by atoms with E-state index in [4.69, 9.17) is 21.1 Å². The van der Waals surface area contributed by atoms with Gasteiger partial charge in [-0.2, -0.15) is 0 Å².